The van der Waals surface area contributed by atoms with Crippen molar-refractivity contribution in [3.8, 4) is 0 Å². The second kappa shape index (κ2) is 3.14. The van der Waals surface area contributed by atoms with Gasteiger partial charge in [0.1, 0.15) is 0 Å². The third-order valence-electron chi connectivity index (χ3n) is 2.24. The Balaban J connectivity index is 2.69. The number of carbonyl (C=O) groups is 1. The van der Waals surface area contributed by atoms with Gasteiger partial charge in [-0.3, -0.25) is 0 Å². The zero-order valence-corrected chi connectivity index (χ0v) is 7.82. The molecular formula is C12H10O2. The Bertz CT molecular complexity index is 501. The van der Waals surface area contributed by atoms with Crippen LogP contribution in [0.4, 0.5) is 0 Å². The molecule has 0 atom stereocenters. The second-order valence-corrected chi connectivity index (χ2v) is 3.37. The van der Waals surface area contributed by atoms with Gasteiger partial charge in [-0.1, -0.05) is 29.8 Å². The van der Waals surface area contributed by atoms with Crippen LogP contribution in [-0.4, -0.2) is 11.1 Å². The molecule has 2 aromatic carbocycles. The molecule has 0 heterocycles. The second-order valence-electron chi connectivity index (χ2n) is 3.37. The van der Waals surface area contributed by atoms with Gasteiger partial charge >= 0.3 is 5.97 Å². The molecule has 14 heavy (non-hydrogen) atoms. The number of carboxylic acids is 1. The van der Waals surface area contributed by atoms with E-state index in [0.717, 1.165) is 16.3 Å². The first kappa shape index (κ1) is 8.75. The molecule has 2 aromatic rings. The molecule has 70 valence electrons. The summed E-state index contributed by atoms with van der Waals surface area (Å²) in [6.45, 7) is 1.99. The van der Waals surface area contributed by atoms with E-state index < -0.39 is 5.97 Å². The van der Waals surface area contributed by atoms with Crippen molar-refractivity contribution in [1.82, 2.24) is 0 Å². The van der Waals surface area contributed by atoms with Gasteiger partial charge in [0.05, 0.1) is 5.56 Å². The lowest BCUT2D eigenvalue weighted by Crippen LogP contribution is -1.95. The quantitative estimate of drug-likeness (QED) is 0.743. The van der Waals surface area contributed by atoms with E-state index in [2.05, 4.69) is 0 Å². The Morgan fingerprint density at radius 3 is 2.50 bits per heavy atom. The van der Waals surface area contributed by atoms with Crippen molar-refractivity contribution < 1.29 is 9.90 Å². The molecule has 0 saturated heterocycles. The fraction of sp³-hybridized carbons (Fsp3) is 0.0833. The molecule has 0 aliphatic rings. The molecule has 0 radical (unpaired) electrons. The summed E-state index contributed by atoms with van der Waals surface area (Å²) in [6, 6.07) is 11.2. The smallest absolute Gasteiger partial charge is 0.335 e. The molecule has 0 aromatic heterocycles. The number of aryl methyl sites for hydroxylation is 1. The molecule has 0 bridgehead atoms. The number of fused-ring (bicyclic) bond motifs is 1. The van der Waals surface area contributed by atoms with Gasteiger partial charge in [-0.05, 0) is 29.8 Å². The van der Waals surface area contributed by atoms with Gasteiger partial charge in [0, 0.05) is 0 Å². The number of rotatable bonds is 1. The molecule has 0 aliphatic carbocycles. The summed E-state index contributed by atoms with van der Waals surface area (Å²) in [5.41, 5.74) is 1.48. The summed E-state index contributed by atoms with van der Waals surface area (Å²) < 4.78 is 0. The van der Waals surface area contributed by atoms with Crippen LogP contribution in [0.25, 0.3) is 10.8 Å². The minimum atomic E-state index is -0.881. The van der Waals surface area contributed by atoms with E-state index in [-0.39, 0.29) is 0 Å². The monoisotopic (exact) mass is 186 g/mol. The van der Waals surface area contributed by atoms with Crippen molar-refractivity contribution in [1.29, 1.82) is 0 Å². The summed E-state index contributed by atoms with van der Waals surface area (Å²) in [6.07, 6.45) is 0. The van der Waals surface area contributed by atoms with Crippen LogP contribution in [0.5, 0.6) is 0 Å². The largest absolute Gasteiger partial charge is 0.478 e. The first-order chi connectivity index (χ1) is 6.66. The Morgan fingerprint density at radius 2 is 1.79 bits per heavy atom. The van der Waals surface area contributed by atoms with E-state index in [1.807, 2.05) is 31.2 Å². The molecule has 0 spiro atoms. The average Bonchev–Trinajstić information content (AvgIpc) is 2.16. The molecule has 0 saturated carbocycles. The van der Waals surface area contributed by atoms with Crippen molar-refractivity contribution in [2.45, 2.75) is 6.92 Å². The van der Waals surface area contributed by atoms with Crippen LogP contribution < -0.4 is 0 Å². The third kappa shape index (κ3) is 1.46. The average molecular weight is 186 g/mol. The summed E-state index contributed by atoms with van der Waals surface area (Å²) in [7, 11) is 0. The van der Waals surface area contributed by atoms with Gasteiger partial charge in [0.25, 0.3) is 0 Å². The van der Waals surface area contributed by atoms with Crippen molar-refractivity contribution >= 4 is 16.7 Å². The predicted molar refractivity (Wildman–Crippen MR) is 55.6 cm³/mol. The van der Waals surface area contributed by atoms with Crippen LogP contribution in [0.15, 0.2) is 36.4 Å². The third-order valence-corrected chi connectivity index (χ3v) is 2.24. The van der Waals surface area contributed by atoms with Crippen LogP contribution in [-0.2, 0) is 0 Å². The number of benzene rings is 2. The first-order valence-electron chi connectivity index (χ1n) is 4.40. The van der Waals surface area contributed by atoms with Gasteiger partial charge < -0.3 is 5.11 Å². The normalized spacial score (nSPS) is 10.4. The minimum Gasteiger partial charge on any atom is -0.478 e. The molecule has 2 heteroatoms. The van der Waals surface area contributed by atoms with Crippen molar-refractivity contribution in [3.05, 3.63) is 47.5 Å². The number of hydrogen-bond donors (Lipinski definition) is 1. The fourth-order valence-electron chi connectivity index (χ4n) is 1.50. The first-order valence-corrected chi connectivity index (χ1v) is 4.40. The Labute approximate surface area is 81.8 Å². The standard InChI is InChI=1S/C12H10O2/c1-8-2-3-9-4-5-10(12(13)14)7-11(9)6-8/h2-7H,1H3,(H,13,14). The number of carboxylic acid groups (broad SMARTS) is 1. The molecule has 1 N–H and O–H groups in total. The Morgan fingerprint density at radius 1 is 1.07 bits per heavy atom. The van der Waals surface area contributed by atoms with Gasteiger partial charge in [-0.15, -0.1) is 0 Å². The van der Waals surface area contributed by atoms with Crippen LogP contribution in [0.3, 0.4) is 0 Å². The van der Waals surface area contributed by atoms with Gasteiger partial charge in [0.15, 0.2) is 0 Å². The number of aromatic carboxylic acids is 1. The lowest BCUT2D eigenvalue weighted by molar-refractivity contribution is 0.0697. The molecule has 2 nitrogen and oxygen atoms in total. The highest BCUT2D eigenvalue weighted by atomic mass is 16.4. The highest BCUT2D eigenvalue weighted by Crippen LogP contribution is 2.17. The molecule has 2 rings (SSSR count). The van der Waals surface area contributed by atoms with Crippen LogP contribution in [0, 0.1) is 6.92 Å². The Kier molecular flexibility index (Phi) is 1.97. The van der Waals surface area contributed by atoms with Crippen molar-refractivity contribution in [2.24, 2.45) is 0 Å². The van der Waals surface area contributed by atoms with Crippen LogP contribution >= 0.6 is 0 Å². The van der Waals surface area contributed by atoms with E-state index in [1.54, 1.807) is 12.1 Å². The number of hydrogen-bond acceptors (Lipinski definition) is 1. The lowest BCUT2D eigenvalue weighted by Gasteiger charge is -2.00. The lowest BCUT2D eigenvalue weighted by atomic mass is 10.1. The maximum Gasteiger partial charge on any atom is 0.335 e. The van der Waals surface area contributed by atoms with E-state index in [4.69, 9.17) is 5.11 Å². The van der Waals surface area contributed by atoms with Gasteiger partial charge in [-0.25, -0.2) is 4.79 Å². The van der Waals surface area contributed by atoms with E-state index in [0.29, 0.717) is 5.56 Å². The van der Waals surface area contributed by atoms with E-state index in [1.165, 1.54) is 0 Å². The SMILES string of the molecule is Cc1ccc2ccc(C(=O)O)cc2c1. The molecule has 0 fully saturated rings. The maximum atomic E-state index is 10.7. The highest BCUT2D eigenvalue weighted by Gasteiger charge is 2.02. The molecule has 0 amide bonds. The maximum absolute atomic E-state index is 10.7. The van der Waals surface area contributed by atoms with Gasteiger partial charge in [-0.2, -0.15) is 0 Å². The van der Waals surface area contributed by atoms with E-state index in [9.17, 15) is 4.79 Å². The fourth-order valence-corrected chi connectivity index (χ4v) is 1.50. The van der Waals surface area contributed by atoms with Crippen LogP contribution in [0.1, 0.15) is 15.9 Å². The Hall–Kier alpha value is -1.83. The van der Waals surface area contributed by atoms with E-state index >= 15 is 0 Å². The van der Waals surface area contributed by atoms with Gasteiger partial charge in [0.2, 0.25) is 0 Å². The summed E-state index contributed by atoms with van der Waals surface area (Å²) in [4.78, 5) is 10.7. The van der Waals surface area contributed by atoms with Crippen molar-refractivity contribution in [3.63, 3.8) is 0 Å². The minimum absolute atomic E-state index is 0.336. The van der Waals surface area contributed by atoms with Crippen LogP contribution in [0.2, 0.25) is 0 Å². The molecule has 0 unspecified atom stereocenters. The molecule has 0 aliphatic heterocycles. The predicted octanol–water partition coefficient (Wildman–Crippen LogP) is 2.85. The van der Waals surface area contributed by atoms with Crippen molar-refractivity contribution in [2.75, 3.05) is 0 Å². The summed E-state index contributed by atoms with van der Waals surface area (Å²) in [5.74, 6) is -0.881. The molecular weight excluding hydrogens is 176 g/mol. The highest BCUT2D eigenvalue weighted by molar-refractivity contribution is 5.94. The zero-order chi connectivity index (χ0) is 10.1. The summed E-state index contributed by atoms with van der Waals surface area (Å²) in [5, 5.41) is 10.9. The summed E-state index contributed by atoms with van der Waals surface area (Å²) >= 11 is 0. The zero-order valence-electron chi connectivity index (χ0n) is 7.82. The topological polar surface area (TPSA) is 37.3 Å².